The van der Waals surface area contributed by atoms with Crippen LogP contribution in [0.1, 0.15) is 6.42 Å². The van der Waals surface area contributed by atoms with Crippen LogP contribution in [0.4, 0.5) is 4.79 Å². The first kappa shape index (κ1) is 14.7. The molecule has 0 aromatic carbocycles. The van der Waals surface area contributed by atoms with Gasteiger partial charge in [-0.3, -0.25) is 9.69 Å². The Hall–Kier alpha value is -1.34. The van der Waals surface area contributed by atoms with E-state index in [1.54, 1.807) is 4.90 Å². The van der Waals surface area contributed by atoms with Gasteiger partial charge in [-0.15, -0.1) is 0 Å². The van der Waals surface area contributed by atoms with E-state index in [0.29, 0.717) is 26.2 Å². The molecule has 0 atom stereocenters. The van der Waals surface area contributed by atoms with E-state index >= 15 is 0 Å². The summed E-state index contributed by atoms with van der Waals surface area (Å²) in [5.74, 6) is -1.01. The van der Waals surface area contributed by atoms with Crippen molar-refractivity contribution in [1.82, 2.24) is 14.7 Å². The fourth-order valence-corrected chi connectivity index (χ4v) is 2.04. The molecule has 0 aromatic rings. The van der Waals surface area contributed by atoms with Crippen molar-refractivity contribution in [3.8, 4) is 0 Å². The van der Waals surface area contributed by atoms with Gasteiger partial charge in [-0.25, -0.2) is 4.79 Å². The van der Waals surface area contributed by atoms with E-state index in [2.05, 4.69) is 4.90 Å². The number of aliphatic hydroxyl groups is 1. The van der Waals surface area contributed by atoms with Gasteiger partial charge >= 0.3 is 12.0 Å². The van der Waals surface area contributed by atoms with E-state index in [1.807, 2.05) is 0 Å². The molecule has 0 unspecified atom stereocenters. The number of aliphatic carboxylic acids is 1. The smallest absolute Gasteiger partial charge is 0.323 e. The molecule has 1 heterocycles. The third kappa shape index (κ3) is 4.50. The second-order valence-corrected chi connectivity index (χ2v) is 4.44. The SMILES string of the molecule is CN(CC(=O)O)C(=O)N1CCCN(CCO)CC1. The molecule has 1 saturated heterocycles. The van der Waals surface area contributed by atoms with Gasteiger partial charge in [0.05, 0.1) is 6.61 Å². The number of β-amino-alcohol motifs (C(OH)–C–C–N with tert-alkyl or cyclic N) is 1. The highest BCUT2D eigenvalue weighted by Crippen LogP contribution is 2.05. The number of aliphatic hydroxyl groups excluding tert-OH is 1. The van der Waals surface area contributed by atoms with Crippen molar-refractivity contribution in [1.29, 1.82) is 0 Å². The minimum atomic E-state index is -1.01. The maximum Gasteiger partial charge on any atom is 0.323 e. The highest BCUT2D eigenvalue weighted by molar-refractivity contribution is 5.79. The van der Waals surface area contributed by atoms with Crippen LogP contribution in [0.5, 0.6) is 0 Å². The summed E-state index contributed by atoms with van der Waals surface area (Å²) in [7, 11) is 1.49. The van der Waals surface area contributed by atoms with Crippen molar-refractivity contribution in [2.24, 2.45) is 0 Å². The van der Waals surface area contributed by atoms with Crippen LogP contribution in [0, 0.1) is 0 Å². The number of carbonyl (C=O) groups is 2. The van der Waals surface area contributed by atoms with Gasteiger partial charge in [0.2, 0.25) is 0 Å². The molecule has 2 N–H and O–H groups in total. The Balaban J connectivity index is 2.46. The maximum absolute atomic E-state index is 12.0. The molecule has 18 heavy (non-hydrogen) atoms. The zero-order valence-electron chi connectivity index (χ0n) is 10.7. The zero-order valence-corrected chi connectivity index (χ0v) is 10.7. The average Bonchev–Trinajstić information content (AvgIpc) is 2.53. The Labute approximate surface area is 107 Å². The molecular weight excluding hydrogens is 238 g/mol. The van der Waals surface area contributed by atoms with Crippen LogP contribution >= 0.6 is 0 Å². The lowest BCUT2D eigenvalue weighted by Gasteiger charge is -2.26. The van der Waals surface area contributed by atoms with Crippen molar-refractivity contribution in [3.63, 3.8) is 0 Å². The molecule has 7 heteroatoms. The average molecular weight is 259 g/mol. The molecule has 2 amide bonds. The number of carboxylic acids is 1. The normalized spacial score (nSPS) is 17.3. The topological polar surface area (TPSA) is 84.3 Å². The molecule has 0 bridgehead atoms. The summed E-state index contributed by atoms with van der Waals surface area (Å²) in [6.45, 7) is 3.23. The van der Waals surface area contributed by atoms with Gasteiger partial charge in [0.15, 0.2) is 0 Å². The summed E-state index contributed by atoms with van der Waals surface area (Å²) in [6.07, 6.45) is 0.840. The van der Waals surface area contributed by atoms with Crippen LogP contribution in [0.25, 0.3) is 0 Å². The van der Waals surface area contributed by atoms with Gasteiger partial charge in [0.1, 0.15) is 6.54 Å². The van der Waals surface area contributed by atoms with E-state index in [0.717, 1.165) is 13.0 Å². The van der Waals surface area contributed by atoms with Gasteiger partial charge < -0.3 is 20.0 Å². The Morgan fingerprint density at radius 3 is 2.56 bits per heavy atom. The second kappa shape index (κ2) is 7.17. The first-order valence-electron chi connectivity index (χ1n) is 6.09. The third-order valence-electron chi connectivity index (χ3n) is 2.97. The fourth-order valence-electron chi connectivity index (χ4n) is 2.04. The molecule has 1 fully saturated rings. The summed E-state index contributed by atoms with van der Waals surface area (Å²) in [6, 6.07) is -0.247. The third-order valence-corrected chi connectivity index (χ3v) is 2.97. The number of hydrogen-bond donors (Lipinski definition) is 2. The number of amides is 2. The van der Waals surface area contributed by atoms with Crippen LogP contribution in [-0.2, 0) is 4.79 Å². The number of rotatable bonds is 4. The number of carbonyl (C=O) groups excluding carboxylic acids is 1. The van der Waals surface area contributed by atoms with E-state index in [4.69, 9.17) is 10.2 Å². The maximum atomic E-state index is 12.0. The molecule has 0 radical (unpaired) electrons. The first-order valence-corrected chi connectivity index (χ1v) is 6.09. The first-order chi connectivity index (χ1) is 8.54. The summed E-state index contributed by atoms with van der Waals surface area (Å²) < 4.78 is 0. The van der Waals surface area contributed by atoms with Crippen molar-refractivity contribution in [2.75, 3.05) is 52.9 Å². The monoisotopic (exact) mass is 259 g/mol. The van der Waals surface area contributed by atoms with Crippen LogP contribution in [0.2, 0.25) is 0 Å². The summed E-state index contributed by atoms with van der Waals surface area (Å²) in [5.41, 5.74) is 0. The lowest BCUT2D eigenvalue weighted by atomic mass is 10.4. The predicted octanol–water partition coefficient (Wildman–Crippen LogP) is -0.877. The van der Waals surface area contributed by atoms with Crippen LogP contribution in [-0.4, -0.2) is 89.8 Å². The minimum Gasteiger partial charge on any atom is -0.480 e. The van der Waals surface area contributed by atoms with Gasteiger partial charge in [-0.2, -0.15) is 0 Å². The Bertz CT molecular complexity index is 298. The van der Waals surface area contributed by atoms with Gasteiger partial charge in [0.25, 0.3) is 0 Å². The zero-order chi connectivity index (χ0) is 13.5. The quantitative estimate of drug-likeness (QED) is 0.685. The van der Waals surface area contributed by atoms with E-state index in [1.165, 1.54) is 11.9 Å². The number of likely N-dealkylation sites (N-methyl/N-ethyl adjacent to an activating group) is 1. The van der Waals surface area contributed by atoms with Crippen LogP contribution < -0.4 is 0 Å². The van der Waals surface area contributed by atoms with E-state index in [9.17, 15) is 9.59 Å². The lowest BCUT2D eigenvalue weighted by Crippen LogP contribution is -2.44. The molecule has 1 aliphatic heterocycles. The summed E-state index contributed by atoms with van der Waals surface area (Å²) in [4.78, 5) is 27.5. The molecular formula is C11H21N3O4. The standard InChI is InChI=1S/C11H21N3O4/c1-12(9-10(16)17)11(18)14-4-2-3-13(5-6-14)7-8-15/h15H,2-9H2,1H3,(H,16,17). The second-order valence-electron chi connectivity index (χ2n) is 4.44. The van der Waals surface area contributed by atoms with E-state index < -0.39 is 5.97 Å². The van der Waals surface area contributed by atoms with E-state index in [-0.39, 0.29) is 19.2 Å². The van der Waals surface area contributed by atoms with Gasteiger partial charge in [0, 0.05) is 33.2 Å². The molecule has 0 aromatic heterocycles. The molecule has 0 aliphatic carbocycles. The largest absolute Gasteiger partial charge is 0.480 e. The number of carboxylic acid groups (broad SMARTS) is 1. The van der Waals surface area contributed by atoms with Crippen molar-refractivity contribution in [3.05, 3.63) is 0 Å². The van der Waals surface area contributed by atoms with Crippen molar-refractivity contribution >= 4 is 12.0 Å². The molecule has 7 nitrogen and oxygen atoms in total. The van der Waals surface area contributed by atoms with Gasteiger partial charge in [-0.05, 0) is 13.0 Å². The predicted molar refractivity (Wildman–Crippen MR) is 65.4 cm³/mol. The number of hydrogen-bond acceptors (Lipinski definition) is 4. The number of nitrogens with zero attached hydrogens (tertiary/aromatic N) is 3. The van der Waals surface area contributed by atoms with Crippen LogP contribution in [0.15, 0.2) is 0 Å². The minimum absolute atomic E-state index is 0.118. The molecule has 0 spiro atoms. The summed E-state index contributed by atoms with van der Waals surface area (Å²) >= 11 is 0. The Morgan fingerprint density at radius 2 is 1.94 bits per heavy atom. The highest BCUT2D eigenvalue weighted by Gasteiger charge is 2.22. The fraction of sp³-hybridized carbons (Fsp3) is 0.818. The molecule has 1 rings (SSSR count). The Morgan fingerprint density at radius 1 is 1.22 bits per heavy atom. The molecule has 0 saturated carbocycles. The van der Waals surface area contributed by atoms with Crippen molar-refractivity contribution in [2.45, 2.75) is 6.42 Å². The van der Waals surface area contributed by atoms with Gasteiger partial charge in [-0.1, -0.05) is 0 Å². The summed E-state index contributed by atoms with van der Waals surface area (Å²) in [5, 5.41) is 17.5. The van der Waals surface area contributed by atoms with Crippen LogP contribution in [0.3, 0.4) is 0 Å². The van der Waals surface area contributed by atoms with Crippen molar-refractivity contribution < 1.29 is 19.8 Å². The Kier molecular flexibility index (Phi) is 5.87. The molecule has 1 aliphatic rings. The molecule has 104 valence electrons. The number of urea groups is 1. The lowest BCUT2D eigenvalue weighted by molar-refractivity contribution is -0.137. The highest BCUT2D eigenvalue weighted by atomic mass is 16.4.